The summed E-state index contributed by atoms with van der Waals surface area (Å²) in [5.74, 6) is 0.000191. The molecule has 1 saturated heterocycles. The quantitative estimate of drug-likeness (QED) is 0.867. The number of carbonyl (C=O) groups excluding carboxylic acids is 1. The van der Waals surface area contributed by atoms with E-state index < -0.39 is 0 Å². The van der Waals surface area contributed by atoms with Gasteiger partial charge < -0.3 is 15.0 Å². The number of nitrogens with one attached hydrogen (secondary N) is 1. The lowest BCUT2D eigenvalue weighted by molar-refractivity contribution is -0.117. The third-order valence-electron chi connectivity index (χ3n) is 4.64. The van der Waals surface area contributed by atoms with Crippen molar-refractivity contribution in [3.05, 3.63) is 59.7 Å². The van der Waals surface area contributed by atoms with Gasteiger partial charge >= 0.3 is 0 Å². The van der Waals surface area contributed by atoms with E-state index in [2.05, 4.69) is 41.4 Å². The second-order valence-electron chi connectivity index (χ2n) is 6.79. The van der Waals surface area contributed by atoms with Gasteiger partial charge in [-0.2, -0.15) is 0 Å². The highest BCUT2D eigenvalue weighted by Gasteiger charge is 2.12. The molecular weight excluding hydrogens is 326 g/mol. The van der Waals surface area contributed by atoms with Crippen LogP contribution in [0, 0.1) is 6.92 Å². The van der Waals surface area contributed by atoms with Crippen LogP contribution in [0.2, 0.25) is 0 Å². The zero-order valence-electron chi connectivity index (χ0n) is 15.6. The number of aryl methyl sites for hydroxylation is 1. The normalized spacial score (nSPS) is 14.5. The third kappa shape index (κ3) is 5.07. The highest BCUT2D eigenvalue weighted by Crippen LogP contribution is 2.19. The van der Waals surface area contributed by atoms with Crippen LogP contribution in [0.15, 0.2) is 48.5 Å². The average Bonchev–Trinajstić information content (AvgIpc) is 2.65. The van der Waals surface area contributed by atoms with E-state index in [0.717, 1.165) is 38.5 Å². The fraction of sp³-hybridized carbons (Fsp3) is 0.381. The molecule has 0 aromatic heterocycles. The molecule has 0 unspecified atom stereocenters. The van der Waals surface area contributed by atoms with Crippen molar-refractivity contribution in [2.24, 2.45) is 0 Å². The van der Waals surface area contributed by atoms with Crippen LogP contribution in [-0.4, -0.2) is 50.7 Å². The maximum Gasteiger partial charge on any atom is 0.238 e. The third-order valence-corrected chi connectivity index (χ3v) is 4.64. The number of nitrogens with zero attached hydrogens (tertiary/aromatic N) is 2. The first-order valence-corrected chi connectivity index (χ1v) is 9.07. The summed E-state index contributed by atoms with van der Waals surface area (Å²) in [6.45, 7) is 6.58. The van der Waals surface area contributed by atoms with E-state index in [4.69, 9.17) is 4.74 Å². The molecule has 1 aliphatic rings. The fourth-order valence-electron chi connectivity index (χ4n) is 3.16. The molecule has 5 nitrogen and oxygen atoms in total. The first kappa shape index (κ1) is 18.4. The Labute approximate surface area is 155 Å². The largest absolute Gasteiger partial charge is 0.378 e. The molecule has 138 valence electrons. The van der Waals surface area contributed by atoms with Crippen molar-refractivity contribution in [3.63, 3.8) is 0 Å². The summed E-state index contributed by atoms with van der Waals surface area (Å²) in [5, 5.41) is 2.98. The van der Waals surface area contributed by atoms with E-state index in [-0.39, 0.29) is 5.91 Å². The summed E-state index contributed by atoms with van der Waals surface area (Å²) in [5.41, 5.74) is 4.50. The van der Waals surface area contributed by atoms with Crippen LogP contribution in [0.5, 0.6) is 0 Å². The molecule has 1 aliphatic heterocycles. The molecular formula is C21H27N3O2. The van der Waals surface area contributed by atoms with E-state index in [1.165, 1.54) is 16.8 Å². The van der Waals surface area contributed by atoms with Crippen LogP contribution in [0.4, 0.5) is 11.4 Å². The molecule has 0 spiro atoms. The van der Waals surface area contributed by atoms with Gasteiger partial charge in [0.25, 0.3) is 0 Å². The van der Waals surface area contributed by atoms with Gasteiger partial charge in [0.15, 0.2) is 0 Å². The van der Waals surface area contributed by atoms with Crippen molar-refractivity contribution in [2.75, 3.05) is 50.1 Å². The summed E-state index contributed by atoms with van der Waals surface area (Å²) in [4.78, 5) is 16.6. The van der Waals surface area contributed by atoms with Gasteiger partial charge in [0, 0.05) is 31.0 Å². The molecule has 3 rings (SSSR count). The van der Waals surface area contributed by atoms with Crippen molar-refractivity contribution in [3.8, 4) is 0 Å². The van der Waals surface area contributed by atoms with E-state index in [9.17, 15) is 4.79 Å². The lowest BCUT2D eigenvalue weighted by Gasteiger charge is -2.28. The predicted octanol–water partition coefficient (Wildman–Crippen LogP) is 2.90. The lowest BCUT2D eigenvalue weighted by atomic mass is 10.1. The van der Waals surface area contributed by atoms with Gasteiger partial charge in [-0.1, -0.05) is 24.3 Å². The zero-order chi connectivity index (χ0) is 18.4. The minimum absolute atomic E-state index is 0.000191. The number of morpholine rings is 1. The van der Waals surface area contributed by atoms with E-state index in [1.807, 2.05) is 36.2 Å². The van der Waals surface area contributed by atoms with Gasteiger partial charge in [-0.05, 0) is 49.4 Å². The second kappa shape index (κ2) is 8.83. The van der Waals surface area contributed by atoms with E-state index in [0.29, 0.717) is 6.54 Å². The molecule has 1 amide bonds. The number of ether oxygens (including phenoxy) is 1. The number of rotatable bonds is 6. The van der Waals surface area contributed by atoms with Gasteiger partial charge in [0.05, 0.1) is 19.8 Å². The van der Waals surface area contributed by atoms with E-state index in [1.54, 1.807) is 0 Å². The zero-order valence-corrected chi connectivity index (χ0v) is 15.6. The van der Waals surface area contributed by atoms with Crippen molar-refractivity contribution in [1.29, 1.82) is 0 Å². The number of anilines is 2. The molecule has 0 bridgehead atoms. The standard InChI is InChI=1S/C21H27N3O2/c1-17-5-3-4-6-18(17)15-23(2)16-21(25)22-19-7-9-20(10-8-19)24-11-13-26-14-12-24/h3-10H,11-16H2,1-2H3,(H,22,25). The predicted molar refractivity (Wildman–Crippen MR) is 106 cm³/mol. The SMILES string of the molecule is Cc1ccccc1CN(C)CC(=O)Nc1ccc(N2CCOCC2)cc1. The Bertz CT molecular complexity index is 724. The minimum atomic E-state index is 0.000191. The number of likely N-dealkylation sites (N-methyl/N-ethyl adjacent to an activating group) is 1. The van der Waals surface area contributed by atoms with Crippen LogP contribution in [0.25, 0.3) is 0 Å². The Morgan fingerprint density at radius 2 is 1.81 bits per heavy atom. The van der Waals surface area contributed by atoms with Crippen LogP contribution >= 0.6 is 0 Å². The van der Waals surface area contributed by atoms with Crippen molar-refractivity contribution in [2.45, 2.75) is 13.5 Å². The molecule has 2 aromatic carbocycles. The number of amides is 1. The number of hydrogen-bond donors (Lipinski definition) is 1. The maximum atomic E-state index is 12.3. The van der Waals surface area contributed by atoms with Crippen LogP contribution in [-0.2, 0) is 16.1 Å². The number of carbonyl (C=O) groups is 1. The summed E-state index contributed by atoms with van der Waals surface area (Å²) < 4.78 is 5.38. The van der Waals surface area contributed by atoms with Crippen LogP contribution in [0.3, 0.4) is 0 Å². The number of hydrogen-bond acceptors (Lipinski definition) is 4. The summed E-state index contributed by atoms with van der Waals surface area (Å²) in [6.07, 6.45) is 0. The van der Waals surface area contributed by atoms with Gasteiger partial charge in [-0.15, -0.1) is 0 Å². The molecule has 2 aromatic rings. The monoisotopic (exact) mass is 353 g/mol. The number of benzene rings is 2. The Morgan fingerprint density at radius 3 is 2.50 bits per heavy atom. The molecule has 0 saturated carbocycles. The molecule has 1 N–H and O–H groups in total. The first-order valence-electron chi connectivity index (χ1n) is 9.07. The smallest absolute Gasteiger partial charge is 0.238 e. The first-order chi connectivity index (χ1) is 12.6. The van der Waals surface area contributed by atoms with Gasteiger partial charge in [-0.25, -0.2) is 0 Å². The maximum absolute atomic E-state index is 12.3. The van der Waals surface area contributed by atoms with Gasteiger partial charge in [0.1, 0.15) is 0 Å². The van der Waals surface area contributed by atoms with Crippen LogP contribution < -0.4 is 10.2 Å². The minimum Gasteiger partial charge on any atom is -0.378 e. The lowest BCUT2D eigenvalue weighted by Crippen LogP contribution is -2.36. The fourth-order valence-corrected chi connectivity index (χ4v) is 3.16. The van der Waals surface area contributed by atoms with Gasteiger partial charge in [0.2, 0.25) is 5.91 Å². The van der Waals surface area contributed by atoms with E-state index >= 15 is 0 Å². The summed E-state index contributed by atoms with van der Waals surface area (Å²) in [6, 6.07) is 16.3. The topological polar surface area (TPSA) is 44.8 Å². The average molecular weight is 353 g/mol. The Morgan fingerprint density at radius 1 is 1.12 bits per heavy atom. The highest BCUT2D eigenvalue weighted by molar-refractivity contribution is 5.92. The summed E-state index contributed by atoms with van der Waals surface area (Å²) in [7, 11) is 1.97. The molecule has 0 radical (unpaired) electrons. The molecule has 1 heterocycles. The molecule has 0 atom stereocenters. The Kier molecular flexibility index (Phi) is 6.26. The molecule has 0 aliphatic carbocycles. The summed E-state index contributed by atoms with van der Waals surface area (Å²) >= 11 is 0. The van der Waals surface area contributed by atoms with Crippen molar-refractivity contribution in [1.82, 2.24) is 4.90 Å². The van der Waals surface area contributed by atoms with Crippen molar-refractivity contribution >= 4 is 17.3 Å². The van der Waals surface area contributed by atoms with Crippen molar-refractivity contribution < 1.29 is 9.53 Å². The van der Waals surface area contributed by atoms with Gasteiger partial charge in [-0.3, -0.25) is 9.69 Å². The van der Waals surface area contributed by atoms with Crippen LogP contribution in [0.1, 0.15) is 11.1 Å². The molecule has 5 heteroatoms. The Balaban J connectivity index is 1.50. The molecule has 1 fully saturated rings. The highest BCUT2D eigenvalue weighted by atomic mass is 16.5. The Hall–Kier alpha value is -2.37. The second-order valence-corrected chi connectivity index (χ2v) is 6.79. The molecule has 26 heavy (non-hydrogen) atoms.